The van der Waals surface area contributed by atoms with Crippen molar-refractivity contribution in [2.24, 2.45) is 4.99 Å². The van der Waals surface area contributed by atoms with Crippen molar-refractivity contribution in [1.29, 1.82) is 0 Å². The van der Waals surface area contributed by atoms with Crippen molar-refractivity contribution < 1.29 is 9.47 Å². The highest BCUT2D eigenvalue weighted by Crippen LogP contribution is 2.53. The highest BCUT2D eigenvalue weighted by molar-refractivity contribution is 6.02. The summed E-state index contributed by atoms with van der Waals surface area (Å²) >= 11 is 0. The summed E-state index contributed by atoms with van der Waals surface area (Å²) in [6.07, 6.45) is 6.13. The van der Waals surface area contributed by atoms with Gasteiger partial charge in [-0.2, -0.15) is 0 Å². The van der Waals surface area contributed by atoms with Crippen molar-refractivity contribution in [3.05, 3.63) is 65.7 Å². The van der Waals surface area contributed by atoms with Crippen LogP contribution in [0, 0.1) is 0 Å². The van der Waals surface area contributed by atoms with Gasteiger partial charge in [0.05, 0.1) is 18.9 Å². The summed E-state index contributed by atoms with van der Waals surface area (Å²) in [5, 5.41) is 0. The second-order valence-corrected chi connectivity index (χ2v) is 7.75. The molecule has 2 aromatic carbocycles. The van der Waals surface area contributed by atoms with Gasteiger partial charge in [0.2, 0.25) is 0 Å². The SMILES string of the molecule is c1ccc(CCC2=Nc3ccccc3C23CCC2(CC3)OCCO2)cc1. The van der Waals surface area contributed by atoms with Gasteiger partial charge in [-0.15, -0.1) is 0 Å². The molecule has 2 fully saturated rings. The Morgan fingerprint density at radius 2 is 1.46 bits per heavy atom. The molecule has 0 bridgehead atoms. The number of benzene rings is 2. The van der Waals surface area contributed by atoms with Crippen LogP contribution in [0.4, 0.5) is 5.69 Å². The molecule has 0 atom stereocenters. The molecule has 3 nitrogen and oxygen atoms in total. The molecule has 2 aromatic rings. The third-order valence-corrected chi connectivity index (χ3v) is 6.40. The summed E-state index contributed by atoms with van der Waals surface area (Å²) in [6.45, 7) is 1.47. The Hall–Kier alpha value is -1.97. The van der Waals surface area contributed by atoms with Crippen molar-refractivity contribution in [2.75, 3.05) is 13.2 Å². The van der Waals surface area contributed by atoms with Gasteiger partial charge in [0.1, 0.15) is 0 Å². The smallest absolute Gasteiger partial charge is 0.168 e. The van der Waals surface area contributed by atoms with Crippen LogP contribution in [0.5, 0.6) is 0 Å². The Labute approximate surface area is 155 Å². The molecule has 1 saturated heterocycles. The number of hydrogen-bond acceptors (Lipinski definition) is 3. The van der Waals surface area contributed by atoms with Gasteiger partial charge in [-0.1, -0.05) is 48.5 Å². The van der Waals surface area contributed by atoms with Crippen LogP contribution in [0.25, 0.3) is 0 Å². The number of aryl methyl sites for hydroxylation is 1. The van der Waals surface area contributed by atoms with E-state index in [4.69, 9.17) is 14.5 Å². The number of nitrogens with zero attached hydrogens (tertiary/aromatic N) is 1. The first-order chi connectivity index (χ1) is 12.8. The molecule has 2 heterocycles. The van der Waals surface area contributed by atoms with E-state index in [1.165, 1.54) is 22.5 Å². The molecule has 3 heteroatoms. The second-order valence-electron chi connectivity index (χ2n) is 7.75. The van der Waals surface area contributed by atoms with Gasteiger partial charge >= 0.3 is 0 Å². The molecule has 0 N–H and O–H groups in total. The minimum Gasteiger partial charge on any atom is -0.348 e. The first kappa shape index (κ1) is 16.2. The van der Waals surface area contributed by atoms with Crippen LogP contribution in [0.1, 0.15) is 43.2 Å². The molecule has 2 aliphatic heterocycles. The van der Waals surface area contributed by atoms with E-state index in [1.807, 2.05) is 0 Å². The van der Waals surface area contributed by atoms with Crippen molar-refractivity contribution in [2.45, 2.75) is 49.7 Å². The average Bonchev–Trinajstić information content (AvgIpc) is 3.27. The number of hydrogen-bond donors (Lipinski definition) is 0. The lowest BCUT2D eigenvalue weighted by atomic mass is 9.65. The van der Waals surface area contributed by atoms with Crippen LogP contribution < -0.4 is 0 Å². The standard InChI is InChI=1S/C23H25NO2/c1-2-6-18(7-3-1)10-11-21-22(19-8-4-5-9-20(19)24-21)12-14-23(15-13-22)25-16-17-26-23/h1-9H,10-17H2. The number of rotatable bonds is 3. The maximum atomic E-state index is 5.97. The van der Waals surface area contributed by atoms with Crippen LogP contribution in [-0.4, -0.2) is 24.7 Å². The summed E-state index contributed by atoms with van der Waals surface area (Å²) in [5.41, 5.74) is 5.40. The van der Waals surface area contributed by atoms with Gasteiger partial charge in [-0.25, -0.2) is 0 Å². The monoisotopic (exact) mass is 347 g/mol. The predicted octanol–water partition coefficient (Wildman–Crippen LogP) is 4.96. The zero-order valence-electron chi connectivity index (χ0n) is 15.1. The third-order valence-electron chi connectivity index (χ3n) is 6.40. The lowest BCUT2D eigenvalue weighted by Gasteiger charge is -2.43. The van der Waals surface area contributed by atoms with E-state index in [0.717, 1.165) is 51.7 Å². The lowest BCUT2D eigenvalue weighted by molar-refractivity contribution is -0.181. The van der Waals surface area contributed by atoms with E-state index in [-0.39, 0.29) is 11.2 Å². The fraction of sp³-hybridized carbons (Fsp3) is 0.435. The van der Waals surface area contributed by atoms with Crippen LogP contribution in [0.15, 0.2) is 59.6 Å². The van der Waals surface area contributed by atoms with Gasteiger partial charge in [0.25, 0.3) is 0 Å². The molecular weight excluding hydrogens is 322 g/mol. The van der Waals surface area contributed by atoms with Crippen molar-refractivity contribution in [1.82, 2.24) is 0 Å². The minimum atomic E-state index is -0.326. The van der Waals surface area contributed by atoms with Crippen molar-refractivity contribution in [3.63, 3.8) is 0 Å². The van der Waals surface area contributed by atoms with E-state index in [1.54, 1.807) is 0 Å². The molecule has 134 valence electrons. The molecule has 1 saturated carbocycles. The van der Waals surface area contributed by atoms with Gasteiger partial charge < -0.3 is 9.47 Å². The van der Waals surface area contributed by atoms with E-state index in [9.17, 15) is 0 Å². The van der Waals surface area contributed by atoms with Crippen molar-refractivity contribution in [3.8, 4) is 0 Å². The second kappa shape index (κ2) is 6.33. The fourth-order valence-corrected chi connectivity index (χ4v) is 4.99. The van der Waals surface area contributed by atoms with Gasteiger partial charge in [-0.05, 0) is 42.9 Å². The van der Waals surface area contributed by atoms with Gasteiger partial charge in [0, 0.05) is 24.0 Å². The predicted molar refractivity (Wildman–Crippen MR) is 103 cm³/mol. The van der Waals surface area contributed by atoms with E-state index >= 15 is 0 Å². The summed E-state index contributed by atoms with van der Waals surface area (Å²) in [4.78, 5) is 5.09. The Morgan fingerprint density at radius 1 is 0.769 bits per heavy atom. The van der Waals surface area contributed by atoms with Gasteiger partial charge in [0.15, 0.2) is 5.79 Å². The van der Waals surface area contributed by atoms with Crippen molar-refractivity contribution >= 4 is 11.4 Å². The molecular formula is C23H25NO2. The molecule has 1 aliphatic carbocycles. The quantitative estimate of drug-likeness (QED) is 0.786. The minimum absolute atomic E-state index is 0.0753. The number of para-hydroxylation sites is 1. The van der Waals surface area contributed by atoms with E-state index in [2.05, 4.69) is 54.6 Å². The van der Waals surface area contributed by atoms with Crippen LogP contribution in [-0.2, 0) is 21.3 Å². The molecule has 26 heavy (non-hydrogen) atoms. The Morgan fingerprint density at radius 3 is 2.23 bits per heavy atom. The summed E-state index contributed by atoms with van der Waals surface area (Å²) in [6, 6.07) is 19.5. The topological polar surface area (TPSA) is 30.8 Å². The molecule has 0 radical (unpaired) electrons. The van der Waals surface area contributed by atoms with E-state index in [0.29, 0.717) is 0 Å². The lowest BCUT2D eigenvalue weighted by Crippen LogP contribution is -2.45. The van der Waals surface area contributed by atoms with E-state index < -0.39 is 0 Å². The maximum Gasteiger partial charge on any atom is 0.168 e. The summed E-state index contributed by atoms with van der Waals surface area (Å²) in [7, 11) is 0. The number of fused-ring (bicyclic) bond motifs is 2. The molecule has 2 spiro atoms. The molecule has 3 aliphatic rings. The average molecular weight is 347 g/mol. The molecule has 0 amide bonds. The first-order valence-electron chi connectivity index (χ1n) is 9.79. The zero-order valence-corrected chi connectivity index (χ0v) is 15.1. The third kappa shape index (κ3) is 2.62. The van der Waals surface area contributed by atoms with Gasteiger partial charge in [-0.3, -0.25) is 4.99 Å². The highest BCUT2D eigenvalue weighted by atomic mass is 16.7. The summed E-state index contributed by atoms with van der Waals surface area (Å²) < 4.78 is 11.9. The largest absolute Gasteiger partial charge is 0.348 e. The molecule has 0 unspecified atom stereocenters. The van der Waals surface area contributed by atoms with Crippen LogP contribution >= 0.6 is 0 Å². The normalized spacial score (nSPS) is 22.5. The Bertz CT molecular complexity index is 811. The molecule has 0 aromatic heterocycles. The van der Waals surface area contributed by atoms with Crippen LogP contribution in [0.2, 0.25) is 0 Å². The summed E-state index contributed by atoms with van der Waals surface area (Å²) in [5.74, 6) is -0.326. The number of ether oxygens (including phenoxy) is 2. The fourth-order valence-electron chi connectivity index (χ4n) is 4.99. The number of aliphatic imine (C=N–C) groups is 1. The molecule has 5 rings (SSSR count). The zero-order chi connectivity index (χ0) is 17.5. The van der Waals surface area contributed by atoms with Crippen LogP contribution in [0.3, 0.4) is 0 Å². The highest BCUT2D eigenvalue weighted by Gasteiger charge is 2.51. The first-order valence-corrected chi connectivity index (χ1v) is 9.79. The maximum absolute atomic E-state index is 5.97. The Balaban J connectivity index is 1.42. The Kier molecular flexibility index (Phi) is 3.95.